The molecule has 0 aromatic heterocycles. The minimum Gasteiger partial charge on any atom is -0.0917 e. The third kappa shape index (κ3) is 13.0. The molecule has 0 bridgehead atoms. The largest absolute Gasteiger partial charge is 0.0917 e. The van der Waals surface area contributed by atoms with Crippen molar-refractivity contribution in [3.05, 3.63) is 48.6 Å². The Kier molecular flexibility index (Phi) is 13.1. The quantitative estimate of drug-likeness (QED) is 0.349. The second-order valence-corrected chi connectivity index (χ2v) is 3.81. The molecule has 16 heavy (non-hydrogen) atoms. The normalized spacial score (nSPS) is 12.9. The van der Waals surface area contributed by atoms with Crippen molar-refractivity contribution in [3.8, 4) is 0 Å². The van der Waals surface area contributed by atoms with Crippen LogP contribution in [0.1, 0.15) is 52.4 Å². The first-order chi connectivity index (χ1) is 7.91. The van der Waals surface area contributed by atoms with Gasteiger partial charge in [0.1, 0.15) is 0 Å². The van der Waals surface area contributed by atoms with Crippen molar-refractivity contribution in [2.75, 3.05) is 0 Å². The maximum Gasteiger partial charge on any atom is -0.0316 e. The lowest BCUT2D eigenvalue weighted by atomic mass is 10.2. The van der Waals surface area contributed by atoms with Crippen LogP contribution in [0.3, 0.4) is 0 Å². The van der Waals surface area contributed by atoms with Gasteiger partial charge < -0.3 is 0 Å². The summed E-state index contributed by atoms with van der Waals surface area (Å²) >= 11 is 0. The number of unbranched alkanes of at least 4 members (excludes halogenated alkanes) is 3. The Bertz CT molecular complexity index is 202. The molecule has 0 amide bonds. The lowest BCUT2D eigenvalue weighted by Crippen LogP contribution is -1.68. The van der Waals surface area contributed by atoms with Crippen LogP contribution in [0.25, 0.3) is 0 Å². The summed E-state index contributed by atoms with van der Waals surface area (Å²) in [7, 11) is 0. The van der Waals surface area contributed by atoms with E-state index in [2.05, 4.69) is 62.5 Å². The maximum absolute atomic E-state index is 2.29. The summed E-state index contributed by atoms with van der Waals surface area (Å²) in [6.07, 6.45) is 24.9. The van der Waals surface area contributed by atoms with Crippen molar-refractivity contribution >= 4 is 0 Å². The zero-order valence-corrected chi connectivity index (χ0v) is 10.9. The highest BCUT2D eigenvalue weighted by Crippen LogP contribution is 1.99. The molecule has 0 N–H and O–H groups in total. The Morgan fingerprint density at radius 3 is 0.938 bits per heavy atom. The second-order valence-electron chi connectivity index (χ2n) is 3.81. The van der Waals surface area contributed by atoms with Crippen molar-refractivity contribution < 1.29 is 0 Å². The molecule has 0 nitrogen and oxygen atoms in total. The summed E-state index contributed by atoms with van der Waals surface area (Å²) in [6, 6.07) is 0. The molecule has 0 fully saturated rings. The van der Waals surface area contributed by atoms with Crippen LogP contribution in [0, 0.1) is 0 Å². The number of hydrogen-bond donors (Lipinski definition) is 0. The van der Waals surface area contributed by atoms with E-state index in [0.717, 1.165) is 0 Å². The summed E-state index contributed by atoms with van der Waals surface area (Å²) in [5.41, 5.74) is 0. The number of hydrogen-bond acceptors (Lipinski definition) is 0. The maximum atomic E-state index is 2.29. The van der Waals surface area contributed by atoms with E-state index < -0.39 is 0 Å². The minimum absolute atomic E-state index is 1.17. The Morgan fingerprint density at radius 2 is 0.688 bits per heavy atom. The van der Waals surface area contributed by atoms with E-state index in [9.17, 15) is 0 Å². The molecule has 0 heterocycles. The highest BCUT2D eigenvalue weighted by atomic mass is 13.9. The van der Waals surface area contributed by atoms with E-state index in [0.29, 0.717) is 0 Å². The van der Waals surface area contributed by atoms with Crippen LogP contribution in [0.5, 0.6) is 0 Å². The lowest BCUT2D eigenvalue weighted by Gasteiger charge is -1.89. The Balaban J connectivity index is 3.24. The number of rotatable bonds is 9. The van der Waals surface area contributed by atoms with Crippen molar-refractivity contribution in [3.63, 3.8) is 0 Å². The Morgan fingerprint density at radius 1 is 0.438 bits per heavy atom. The van der Waals surface area contributed by atoms with Gasteiger partial charge in [-0.05, 0) is 52.4 Å². The van der Waals surface area contributed by atoms with Gasteiger partial charge in [-0.15, -0.1) is 0 Å². The average Bonchev–Trinajstić information content (AvgIpc) is 2.31. The molecule has 0 saturated heterocycles. The van der Waals surface area contributed by atoms with Gasteiger partial charge in [-0.2, -0.15) is 0 Å². The Labute approximate surface area is 101 Å². The molecular weight excluding hydrogens is 192 g/mol. The molecule has 0 aromatic rings. The van der Waals surface area contributed by atoms with Gasteiger partial charge in [-0.1, -0.05) is 48.6 Å². The van der Waals surface area contributed by atoms with E-state index in [1.165, 1.54) is 38.5 Å². The first-order valence-electron chi connectivity index (χ1n) is 6.44. The van der Waals surface area contributed by atoms with Crippen LogP contribution >= 0.6 is 0 Å². The van der Waals surface area contributed by atoms with Crippen LogP contribution in [-0.2, 0) is 0 Å². The predicted molar refractivity (Wildman–Crippen MR) is 75.6 cm³/mol. The second kappa shape index (κ2) is 14.0. The first-order valence-corrected chi connectivity index (χ1v) is 6.44. The molecule has 0 aliphatic heterocycles. The smallest absolute Gasteiger partial charge is 0.0316 e. The van der Waals surface area contributed by atoms with Gasteiger partial charge in [-0.3, -0.25) is 0 Å². The van der Waals surface area contributed by atoms with Gasteiger partial charge in [-0.25, -0.2) is 0 Å². The van der Waals surface area contributed by atoms with E-state index in [-0.39, 0.29) is 0 Å². The average molecular weight is 218 g/mol. The van der Waals surface area contributed by atoms with Crippen molar-refractivity contribution in [2.45, 2.75) is 52.4 Å². The predicted octanol–water partition coefficient (Wildman–Crippen LogP) is 5.59. The van der Waals surface area contributed by atoms with Crippen LogP contribution in [0.4, 0.5) is 0 Å². The summed E-state index contributed by atoms with van der Waals surface area (Å²) in [6.45, 7) is 4.14. The van der Waals surface area contributed by atoms with E-state index in [1.54, 1.807) is 0 Å². The van der Waals surface area contributed by atoms with E-state index in [4.69, 9.17) is 0 Å². The highest BCUT2D eigenvalue weighted by Gasteiger charge is 1.79. The first kappa shape index (κ1) is 15.0. The zero-order valence-electron chi connectivity index (χ0n) is 10.9. The van der Waals surface area contributed by atoms with Gasteiger partial charge in [0.15, 0.2) is 0 Å². The molecule has 0 aromatic carbocycles. The third-order valence-electron chi connectivity index (χ3n) is 2.30. The van der Waals surface area contributed by atoms with Crippen molar-refractivity contribution in [2.24, 2.45) is 0 Å². The van der Waals surface area contributed by atoms with Gasteiger partial charge in [0.25, 0.3) is 0 Å². The molecule has 0 aliphatic carbocycles. The summed E-state index contributed by atoms with van der Waals surface area (Å²) in [4.78, 5) is 0. The Hall–Kier alpha value is -1.04. The summed E-state index contributed by atoms with van der Waals surface area (Å²) < 4.78 is 0. The molecule has 90 valence electrons. The highest BCUT2D eigenvalue weighted by molar-refractivity contribution is 4.91. The number of allylic oxidation sites excluding steroid dienone is 8. The van der Waals surface area contributed by atoms with Crippen LogP contribution in [0.15, 0.2) is 48.6 Å². The van der Waals surface area contributed by atoms with Crippen LogP contribution in [-0.4, -0.2) is 0 Å². The molecule has 0 radical (unpaired) electrons. The summed E-state index contributed by atoms with van der Waals surface area (Å²) in [5.74, 6) is 0. The van der Waals surface area contributed by atoms with Crippen LogP contribution in [0.2, 0.25) is 0 Å². The van der Waals surface area contributed by atoms with Crippen LogP contribution < -0.4 is 0 Å². The fraction of sp³-hybridized carbons (Fsp3) is 0.500. The SMILES string of the molecule is CC=CCCC=CCCC=CCCC=CC. The topological polar surface area (TPSA) is 0 Å². The molecule has 0 atom stereocenters. The zero-order chi connectivity index (χ0) is 11.9. The molecule has 0 heteroatoms. The molecular formula is C16H26. The molecule has 0 saturated carbocycles. The van der Waals surface area contributed by atoms with Gasteiger partial charge in [0.05, 0.1) is 0 Å². The van der Waals surface area contributed by atoms with Gasteiger partial charge in [0.2, 0.25) is 0 Å². The van der Waals surface area contributed by atoms with Gasteiger partial charge in [0, 0.05) is 0 Å². The van der Waals surface area contributed by atoms with Gasteiger partial charge >= 0.3 is 0 Å². The monoisotopic (exact) mass is 218 g/mol. The molecule has 0 aliphatic rings. The van der Waals surface area contributed by atoms with E-state index >= 15 is 0 Å². The van der Waals surface area contributed by atoms with E-state index in [1.807, 2.05) is 0 Å². The fourth-order valence-corrected chi connectivity index (χ4v) is 1.38. The molecule has 0 spiro atoms. The van der Waals surface area contributed by atoms with Crippen molar-refractivity contribution in [1.29, 1.82) is 0 Å². The molecule has 0 unspecified atom stereocenters. The van der Waals surface area contributed by atoms with Crippen molar-refractivity contribution in [1.82, 2.24) is 0 Å². The third-order valence-corrected chi connectivity index (χ3v) is 2.30. The minimum atomic E-state index is 1.17. The lowest BCUT2D eigenvalue weighted by molar-refractivity contribution is 0.985. The fourth-order valence-electron chi connectivity index (χ4n) is 1.38. The standard InChI is InChI=1S/C16H26/c1-3-5-7-9-11-13-15-16-14-12-10-8-6-4-2/h3-6,11-14H,7-10,15-16H2,1-2H3. The molecule has 0 rings (SSSR count). The summed E-state index contributed by atoms with van der Waals surface area (Å²) in [5, 5.41) is 0.